The Labute approximate surface area is 161 Å². The molecule has 2 aliphatic rings. The molecule has 142 valence electrons. The van der Waals surface area contributed by atoms with Gasteiger partial charge in [0.15, 0.2) is 0 Å². The Morgan fingerprint density at radius 1 is 0.889 bits per heavy atom. The number of rotatable bonds is 4. The molecule has 2 aliphatic heterocycles. The summed E-state index contributed by atoms with van der Waals surface area (Å²) in [6.45, 7) is 3.63. The van der Waals surface area contributed by atoms with Crippen LogP contribution in [0.3, 0.4) is 0 Å². The molecule has 1 amide bonds. The van der Waals surface area contributed by atoms with E-state index in [0.29, 0.717) is 11.7 Å². The van der Waals surface area contributed by atoms with Crippen molar-refractivity contribution in [1.29, 1.82) is 0 Å². The molecule has 2 fully saturated rings. The molecule has 1 aromatic heterocycles. The topological polar surface area (TPSA) is 45.7 Å². The molecule has 1 aromatic carbocycles. The van der Waals surface area contributed by atoms with Gasteiger partial charge in [-0.15, -0.1) is 0 Å². The standard InChI is InChI=1S/C22H27N3O2/c26-22(18-5-4-12-23-17-18)25-15-10-21(11-16-25)27-20-8-13-24(14-9-20)19-6-2-1-3-7-19/h1-7,12,17,20-21H,8-11,13-16H2. The van der Waals surface area contributed by atoms with Crippen molar-refractivity contribution in [3.05, 3.63) is 60.4 Å². The summed E-state index contributed by atoms with van der Waals surface area (Å²) in [5, 5.41) is 0. The number of carbonyl (C=O) groups is 1. The minimum absolute atomic E-state index is 0.0812. The third kappa shape index (κ3) is 4.48. The van der Waals surface area contributed by atoms with Gasteiger partial charge >= 0.3 is 0 Å². The first-order valence-electron chi connectivity index (χ1n) is 9.94. The zero-order chi connectivity index (χ0) is 18.5. The first kappa shape index (κ1) is 18.0. The normalized spacial score (nSPS) is 19.3. The molecule has 0 aliphatic carbocycles. The number of pyridine rings is 1. The Kier molecular flexibility index (Phi) is 5.68. The summed E-state index contributed by atoms with van der Waals surface area (Å²) >= 11 is 0. The minimum Gasteiger partial charge on any atom is -0.375 e. The fourth-order valence-electron chi connectivity index (χ4n) is 4.03. The van der Waals surface area contributed by atoms with Crippen LogP contribution in [0.1, 0.15) is 36.0 Å². The lowest BCUT2D eigenvalue weighted by molar-refractivity contribution is -0.0478. The third-order valence-electron chi connectivity index (χ3n) is 5.59. The maximum Gasteiger partial charge on any atom is 0.255 e. The number of para-hydroxylation sites is 1. The molecule has 0 atom stereocenters. The quantitative estimate of drug-likeness (QED) is 0.833. The van der Waals surface area contributed by atoms with Gasteiger partial charge in [-0.1, -0.05) is 18.2 Å². The largest absolute Gasteiger partial charge is 0.375 e. The fraction of sp³-hybridized carbons (Fsp3) is 0.455. The molecule has 0 radical (unpaired) electrons. The molecule has 0 spiro atoms. The lowest BCUT2D eigenvalue weighted by atomic mass is 10.0. The Balaban J connectivity index is 1.22. The van der Waals surface area contributed by atoms with Crippen LogP contribution >= 0.6 is 0 Å². The van der Waals surface area contributed by atoms with E-state index in [1.165, 1.54) is 5.69 Å². The number of hydrogen-bond acceptors (Lipinski definition) is 4. The molecule has 5 heteroatoms. The number of nitrogens with zero attached hydrogens (tertiary/aromatic N) is 3. The van der Waals surface area contributed by atoms with Crippen LogP contribution in [0.15, 0.2) is 54.9 Å². The van der Waals surface area contributed by atoms with Gasteiger partial charge in [-0.05, 0) is 49.9 Å². The van der Waals surface area contributed by atoms with Crippen molar-refractivity contribution in [3.8, 4) is 0 Å². The molecule has 27 heavy (non-hydrogen) atoms. The van der Waals surface area contributed by atoms with Gasteiger partial charge in [-0.2, -0.15) is 0 Å². The van der Waals surface area contributed by atoms with Gasteiger partial charge in [-0.3, -0.25) is 9.78 Å². The van der Waals surface area contributed by atoms with E-state index in [9.17, 15) is 4.79 Å². The number of piperidine rings is 2. The van der Waals surface area contributed by atoms with Gasteiger partial charge in [0.2, 0.25) is 0 Å². The Morgan fingerprint density at radius 3 is 2.19 bits per heavy atom. The van der Waals surface area contributed by atoms with Gasteiger partial charge in [0.25, 0.3) is 5.91 Å². The van der Waals surface area contributed by atoms with Crippen molar-refractivity contribution in [3.63, 3.8) is 0 Å². The van der Waals surface area contributed by atoms with E-state index >= 15 is 0 Å². The number of ether oxygens (including phenoxy) is 1. The number of anilines is 1. The summed E-state index contributed by atoms with van der Waals surface area (Å²) < 4.78 is 6.37. The average molecular weight is 365 g/mol. The minimum atomic E-state index is 0.0812. The molecule has 0 bridgehead atoms. The van der Waals surface area contributed by atoms with Gasteiger partial charge in [0.1, 0.15) is 0 Å². The van der Waals surface area contributed by atoms with Crippen molar-refractivity contribution in [2.24, 2.45) is 0 Å². The maximum absolute atomic E-state index is 12.5. The lowest BCUT2D eigenvalue weighted by Gasteiger charge is -2.37. The summed E-state index contributed by atoms with van der Waals surface area (Å²) in [5.74, 6) is 0.0812. The molecule has 0 saturated carbocycles. The zero-order valence-corrected chi connectivity index (χ0v) is 15.7. The number of hydrogen-bond donors (Lipinski definition) is 0. The molecule has 2 aromatic rings. The average Bonchev–Trinajstić information content (AvgIpc) is 2.76. The first-order valence-corrected chi connectivity index (χ1v) is 9.94. The predicted molar refractivity (Wildman–Crippen MR) is 106 cm³/mol. The van der Waals surface area contributed by atoms with Crippen LogP contribution in [0.2, 0.25) is 0 Å². The summed E-state index contributed by atoms with van der Waals surface area (Å²) in [4.78, 5) is 20.9. The van der Waals surface area contributed by atoms with Crippen LogP contribution < -0.4 is 4.90 Å². The van der Waals surface area contributed by atoms with Crippen LogP contribution in [0, 0.1) is 0 Å². The highest BCUT2D eigenvalue weighted by Crippen LogP contribution is 2.24. The first-order chi connectivity index (χ1) is 13.3. The number of aromatic nitrogens is 1. The molecular weight excluding hydrogens is 338 g/mol. The van der Waals surface area contributed by atoms with Crippen LogP contribution in [-0.2, 0) is 4.74 Å². The zero-order valence-electron chi connectivity index (χ0n) is 15.7. The van der Waals surface area contributed by atoms with Crippen molar-refractivity contribution >= 4 is 11.6 Å². The Morgan fingerprint density at radius 2 is 1.56 bits per heavy atom. The molecule has 5 nitrogen and oxygen atoms in total. The second-order valence-electron chi connectivity index (χ2n) is 7.39. The highest BCUT2D eigenvalue weighted by molar-refractivity contribution is 5.93. The summed E-state index contributed by atoms with van der Waals surface area (Å²) in [6.07, 6.45) is 7.95. The second-order valence-corrected chi connectivity index (χ2v) is 7.39. The van der Waals surface area contributed by atoms with Gasteiger partial charge in [0.05, 0.1) is 17.8 Å². The predicted octanol–water partition coefficient (Wildman–Crippen LogP) is 3.37. The Bertz CT molecular complexity index is 722. The van der Waals surface area contributed by atoms with E-state index in [4.69, 9.17) is 4.74 Å². The Hall–Kier alpha value is -2.40. The second kappa shape index (κ2) is 8.53. The third-order valence-corrected chi connectivity index (χ3v) is 5.59. The van der Waals surface area contributed by atoms with Crippen molar-refractivity contribution in [2.45, 2.75) is 37.9 Å². The lowest BCUT2D eigenvalue weighted by Crippen LogP contribution is -2.43. The van der Waals surface area contributed by atoms with Crippen molar-refractivity contribution in [1.82, 2.24) is 9.88 Å². The van der Waals surface area contributed by atoms with Crippen LogP contribution in [0.25, 0.3) is 0 Å². The van der Waals surface area contributed by atoms with E-state index < -0.39 is 0 Å². The maximum atomic E-state index is 12.5. The van der Waals surface area contributed by atoms with E-state index in [1.54, 1.807) is 12.4 Å². The molecule has 2 saturated heterocycles. The van der Waals surface area contributed by atoms with Gasteiger partial charge < -0.3 is 14.5 Å². The number of benzene rings is 1. The smallest absolute Gasteiger partial charge is 0.255 e. The fourth-order valence-corrected chi connectivity index (χ4v) is 4.03. The molecular formula is C22H27N3O2. The van der Waals surface area contributed by atoms with E-state index in [2.05, 4.69) is 40.2 Å². The number of carbonyl (C=O) groups excluding carboxylic acids is 1. The summed E-state index contributed by atoms with van der Waals surface area (Å²) in [6, 6.07) is 14.2. The van der Waals surface area contributed by atoms with Crippen molar-refractivity contribution < 1.29 is 9.53 Å². The van der Waals surface area contributed by atoms with Gasteiger partial charge in [-0.25, -0.2) is 0 Å². The number of likely N-dealkylation sites (tertiary alicyclic amines) is 1. The SMILES string of the molecule is O=C(c1cccnc1)N1CCC(OC2CCN(c3ccccc3)CC2)CC1. The van der Waals surface area contributed by atoms with Crippen molar-refractivity contribution in [2.75, 3.05) is 31.1 Å². The highest BCUT2D eigenvalue weighted by atomic mass is 16.5. The van der Waals surface area contributed by atoms with E-state index in [1.807, 2.05) is 17.0 Å². The summed E-state index contributed by atoms with van der Waals surface area (Å²) in [7, 11) is 0. The van der Waals surface area contributed by atoms with Gasteiger partial charge in [0, 0.05) is 44.3 Å². The molecule has 0 unspecified atom stereocenters. The molecule has 4 rings (SSSR count). The monoisotopic (exact) mass is 365 g/mol. The van der Waals surface area contributed by atoms with E-state index in [-0.39, 0.29) is 12.0 Å². The summed E-state index contributed by atoms with van der Waals surface area (Å²) in [5.41, 5.74) is 1.98. The number of amides is 1. The van der Waals surface area contributed by atoms with Crippen LogP contribution in [0.4, 0.5) is 5.69 Å². The molecule has 3 heterocycles. The molecule has 0 N–H and O–H groups in total. The highest BCUT2D eigenvalue weighted by Gasteiger charge is 2.28. The van der Waals surface area contributed by atoms with Crippen LogP contribution in [-0.4, -0.2) is 54.2 Å². The van der Waals surface area contributed by atoms with E-state index in [0.717, 1.165) is 51.9 Å². The van der Waals surface area contributed by atoms with Crippen LogP contribution in [0.5, 0.6) is 0 Å².